The lowest BCUT2D eigenvalue weighted by Crippen LogP contribution is -2.49. The molecule has 1 fully saturated rings. The van der Waals surface area contributed by atoms with Gasteiger partial charge in [-0.05, 0) is 31.9 Å². The Labute approximate surface area is 118 Å². The number of nitrogens with zero attached hydrogens (tertiary/aromatic N) is 1. The molecule has 0 aromatic heterocycles. The van der Waals surface area contributed by atoms with Crippen LogP contribution >= 0.6 is 0 Å². The van der Waals surface area contributed by atoms with E-state index in [1.807, 2.05) is 6.07 Å². The smallest absolute Gasteiger partial charge is 0.251 e. The van der Waals surface area contributed by atoms with E-state index in [4.69, 9.17) is 0 Å². The van der Waals surface area contributed by atoms with E-state index in [-0.39, 0.29) is 24.5 Å². The summed E-state index contributed by atoms with van der Waals surface area (Å²) in [5.41, 5.74) is 0.535. The average molecular weight is 276 g/mol. The Morgan fingerprint density at radius 1 is 1.40 bits per heavy atom. The van der Waals surface area contributed by atoms with Gasteiger partial charge in [0.05, 0.1) is 12.6 Å². The third kappa shape index (κ3) is 3.17. The predicted molar refractivity (Wildman–Crippen MR) is 75.2 cm³/mol. The second-order valence-electron chi connectivity index (χ2n) is 5.07. The van der Waals surface area contributed by atoms with Gasteiger partial charge in [-0.3, -0.25) is 9.59 Å². The Morgan fingerprint density at radius 3 is 2.75 bits per heavy atom. The summed E-state index contributed by atoms with van der Waals surface area (Å²) in [5, 5.41) is 12.0. The highest BCUT2D eigenvalue weighted by Gasteiger charge is 2.31. The van der Waals surface area contributed by atoms with Crippen LogP contribution in [0.25, 0.3) is 0 Å². The largest absolute Gasteiger partial charge is 0.394 e. The molecule has 5 nitrogen and oxygen atoms in total. The molecule has 1 heterocycles. The minimum atomic E-state index is -0.588. The molecule has 2 amide bonds. The van der Waals surface area contributed by atoms with Gasteiger partial charge in [-0.1, -0.05) is 18.2 Å². The van der Waals surface area contributed by atoms with Crippen LogP contribution < -0.4 is 5.32 Å². The van der Waals surface area contributed by atoms with Crippen molar-refractivity contribution in [1.82, 2.24) is 10.2 Å². The standard InChI is InChI=1S/C15H20N2O3/c1-11(15(20)17-9-5-8-13(17)10-18)16-14(19)12-6-3-2-4-7-12/h2-4,6-7,11,13,18H,5,8-10H2,1H3,(H,16,19)/t11?,13-/m0/s1. The van der Waals surface area contributed by atoms with Gasteiger partial charge in [-0.25, -0.2) is 0 Å². The first kappa shape index (κ1) is 14.5. The summed E-state index contributed by atoms with van der Waals surface area (Å²) >= 11 is 0. The van der Waals surface area contributed by atoms with E-state index in [9.17, 15) is 14.7 Å². The van der Waals surface area contributed by atoms with E-state index in [1.54, 1.807) is 36.1 Å². The maximum atomic E-state index is 12.3. The summed E-state index contributed by atoms with van der Waals surface area (Å²) < 4.78 is 0. The van der Waals surface area contributed by atoms with Gasteiger partial charge in [-0.15, -0.1) is 0 Å². The van der Waals surface area contributed by atoms with E-state index in [0.29, 0.717) is 12.1 Å². The monoisotopic (exact) mass is 276 g/mol. The van der Waals surface area contributed by atoms with Crippen molar-refractivity contribution in [3.05, 3.63) is 35.9 Å². The van der Waals surface area contributed by atoms with Crippen molar-refractivity contribution in [1.29, 1.82) is 0 Å². The van der Waals surface area contributed by atoms with Crippen LogP contribution in [0.1, 0.15) is 30.1 Å². The zero-order valence-corrected chi connectivity index (χ0v) is 11.6. The maximum absolute atomic E-state index is 12.3. The van der Waals surface area contributed by atoms with Gasteiger partial charge >= 0.3 is 0 Å². The Bertz CT molecular complexity index is 475. The second-order valence-corrected chi connectivity index (χ2v) is 5.07. The summed E-state index contributed by atoms with van der Waals surface area (Å²) in [6, 6.07) is 8.11. The van der Waals surface area contributed by atoms with Crippen LogP contribution in [0.3, 0.4) is 0 Å². The minimum Gasteiger partial charge on any atom is -0.394 e. The van der Waals surface area contributed by atoms with Crippen molar-refractivity contribution in [3.8, 4) is 0 Å². The second kappa shape index (κ2) is 6.52. The summed E-state index contributed by atoms with van der Waals surface area (Å²) in [7, 11) is 0. The van der Waals surface area contributed by atoms with Gasteiger partial charge < -0.3 is 15.3 Å². The molecule has 1 aromatic carbocycles. The minimum absolute atomic E-state index is 0.0227. The lowest BCUT2D eigenvalue weighted by molar-refractivity contribution is -0.134. The lowest BCUT2D eigenvalue weighted by Gasteiger charge is -2.26. The van der Waals surface area contributed by atoms with Crippen LogP contribution in [0, 0.1) is 0 Å². The van der Waals surface area contributed by atoms with E-state index >= 15 is 0 Å². The molecule has 0 spiro atoms. The molecular formula is C15H20N2O3. The van der Waals surface area contributed by atoms with Crippen LogP contribution in [-0.2, 0) is 4.79 Å². The third-order valence-electron chi connectivity index (χ3n) is 3.62. The number of benzene rings is 1. The third-order valence-corrected chi connectivity index (χ3v) is 3.62. The maximum Gasteiger partial charge on any atom is 0.251 e. The van der Waals surface area contributed by atoms with Crippen LogP contribution in [0.2, 0.25) is 0 Å². The molecule has 0 bridgehead atoms. The van der Waals surface area contributed by atoms with Gasteiger partial charge in [0, 0.05) is 12.1 Å². The molecule has 0 radical (unpaired) electrons. The van der Waals surface area contributed by atoms with Crippen LogP contribution in [-0.4, -0.2) is 47.1 Å². The molecule has 0 saturated carbocycles. The predicted octanol–water partition coefficient (Wildman–Crippen LogP) is 0.788. The number of likely N-dealkylation sites (tertiary alicyclic amines) is 1. The van der Waals surface area contributed by atoms with Gasteiger partial charge in [-0.2, -0.15) is 0 Å². The molecule has 108 valence electrons. The van der Waals surface area contributed by atoms with Gasteiger partial charge in [0.1, 0.15) is 6.04 Å². The number of aliphatic hydroxyl groups excluding tert-OH is 1. The van der Waals surface area contributed by atoms with Gasteiger partial charge in [0.15, 0.2) is 0 Å². The highest BCUT2D eigenvalue weighted by Crippen LogP contribution is 2.17. The molecule has 0 aliphatic carbocycles. The number of rotatable bonds is 4. The van der Waals surface area contributed by atoms with Crippen molar-refractivity contribution >= 4 is 11.8 Å². The number of hydrogen-bond acceptors (Lipinski definition) is 3. The first-order valence-corrected chi connectivity index (χ1v) is 6.90. The van der Waals surface area contributed by atoms with E-state index in [0.717, 1.165) is 12.8 Å². The Morgan fingerprint density at radius 2 is 2.10 bits per heavy atom. The number of amides is 2. The molecule has 1 aromatic rings. The Balaban J connectivity index is 1.96. The summed E-state index contributed by atoms with van der Waals surface area (Å²) in [5.74, 6) is -0.392. The van der Waals surface area contributed by atoms with Crippen molar-refractivity contribution in [2.75, 3.05) is 13.2 Å². The molecule has 2 rings (SSSR count). The van der Waals surface area contributed by atoms with E-state index < -0.39 is 6.04 Å². The van der Waals surface area contributed by atoms with Crippen molar-refractivity contribution in [3.63, 3.8) is 0 Å². The molecule has 1 aliphatic heterocycles. The van der Waals surface area contributed by atoms with E-state index in [1.165, 1.54) is 0 Å². The molecule has 1 aliphatic rings. The highest BCUT2D eigenvalue weighted by molar-refractivity contribution is 5.97. The van der Waals surface area contributed by atoms with E-state index in [2.05, 4.69) is 5.32 Å². The molecule has 20 heavy (non-hydrogen) atoms. The van der Waals surface area contributed by atoms with Crippen molar-refractivity contribution in [2.45, 2.75) is 31.8 Å². The highest BCUT2D eigenvalue weighted by atomic mass is 16.3. The number of nitrogens with one attached hydrogen (secondary N) is 1. The summed E-state index contributed by atoms with van der Waals surface area (Å²) in [6.07, 6.45) is 1.72. The van der Waals surface area contributed by atoms with Crippen molar-refractivity contribution < 1.29 is 14.7 Å². The van der Waals surface area contributed by atoms with Crippen LogP contribution in [0.5, 0.6) is 0 Å². The Hall–Kier alpha value is -1.88. The fourth-order valence-electron chi connectivity index (χ4n) is 2.50. The fourth-order valence-corrected chi connectivity index (χ4v) is 2.50. The molecule has 2 atom stereocenters. The summed E-state index contributed by atoms with van der Waals surface area (Å²) in [4.78, 5) is 25.9. The van der Waals surface area contributed by atoms with Gasteiger partial charge in [0.2, 0.25) is 5.91 Å². The molecule has 5 heteroatoms. The number of carbonyl (C=O) groups excluding carboxylic acids is 2. The average Bonchev–Trinajstić information content (AvgIpc) is 2.95. The normalized spacial score (nSPS) is 19.7. The quantitative estimate of drug-likeness (QED) is 0.854. The first-order valence-electron chi connectivity index (χ1n) is 6.90. The topological polar surface area (TPSA) is 69.6 Å². The molecule has 1 unspecified atom stereocenters. The Kier molecular flexibility index (Phi) is 4.74. The number of aliphatic hydroxyl groups is 1. The first-order chi connectivity index (χ1) is 9.63. The SMILES string of the molecule is CC(NC(=O)c1ccccc1)C(=O)N1CCC[C@H]1CO. The van der Waals surface area contributed by atoms with Gasteiger partial charge in [0.25, 0.3) is 5.91 Å². The van der Waals surface area contributed by atoms with Crippen LogP contribution in [0.15, 0.2) is 30.3 Å². The molecular weight excluding hydrogens is 256 g/mol. The zero-order chi connectivity index (χ0) is 14.5. The number of hydrogen-bond donors (Lipinski definition) is 2. The lowest BCUT2D eigenvalue weighted by atomic mass is 10.2. The number of carbonyl (C=O) groups is 2. The fraction of sp³-hybridized carbons (Fsp3) is 0.467. The molecule has 1 saturated heterocycles. The van der Waals surface area contributed by atoms with Crippen LogP contribution in [0.4, 0.5) is 0 Å². The summed E-state index contributed by atoms with van der Waals surface area (Å²) in [6.45, 7) is 2.30. The van der Waals surface area contributed by atoms with Crippen molar-refractivity contribution in [2.24, 2.45) is 0 Å². The zero-order valence-electron chi connectivity index (χ0n) is 11.6. The molecule has 2 N–H and O–H groups in total.